The molecule has 24 heavy (non-hydrogen) atoms. The number of carbonyl (C=O) groups is 1. The van der Waals surface area contributed by atoms with Crippen LogP contribution < -0.4 is 20.1 Å². The van der Waals surface area contributed by atoms with Crippen LogP contribution in [0.4, 0.5) is 9.18 Å². The molecule has 2 amide bonds. The Kier molecular flexibility index (Phi) is 4.84. The lowest BCUT2D eigenvalue weighted by Gasteiger charge is -2.26. The molecule has 126 valence electrons. The molecular weight excluding hydrogens is 311 g/mol. The van der Waals surface area contributed by atoms with Crippen molar-refractivity contribution in [3.8, 4) is 11.5 Å². The third kappa shape index (κ3) is 3.76. The first-order chi connectivity index (χ1) is 11.7. The van der Waals surface area contributed by atoms with Crippen LogP contribution in [0.1, 0.15) is 11.1 Å². The molecule has 0 fully saturated rings. The molecule has 0 radical (unpaired) electrons. The number of nitrogens with one attached hydrogen (secondary N) is 2. The summed E-state index contributed by atoms with van der Waals surface area (Å²) < 4.78 is 24.4. The molecule has 2 aromatic carbocycles. The quantitative estimate of drug-likeness (QED) is 0.906. The Morgan fingerprint density at radius 1 is 1.33 bits per heavy atom. The Morgan fingerprint density at radius 3 is 2.96 bits per heavy atom. The monoisotopic (exact) mass is 330 g/mol. The van der Waals surface area contributed by atoms with Crippen LogP contribution in [0.5, 0.6) is 11.5 Å². The Labute approximate surface area is 139 Å². The summed E-state index contributed by atoms with van der Waals surface area (Å²) in [4.78, 5) is 12.0. The van der Waals surface area contributed by atoms with Gasteiger partial charge in [0.1, 0.15) is 23.9 Å². The SMILES string of the molecule is COc1ccc2c(c1)CC(NC(=O)NCc1ccccc1F)CO2. The number of urea groups is 1. The highest BCUT2D eigenvalue weighted by molar-refractivity contribution is 5.74. The summed E-state index contributed by atoms with van der Waals surface area (Å²) in [5, 5.41) is 5.51. The van der Waals surface area contributed by atoms with Crippen molar-refractivity contribution in [3.63, 3.8) is 0 Å². The Bertz CT molecular complexity index is 736. The second kappa shape index (κ2) is 7.21. The summed E-state index contributed by atoms with van der Waals surface area (Å²) in [6.07, 6.45) is 0.652. The van der Waals surface area contributed by atoms with Crippen molar-refractivity contribution >= 4 is 6.03 Å². The molecule has 1 atom stereocenters. The van der Waals surface area contributed by atoms with Crippen LogP contribution in [-0.4, -0.2) is 25.8 Å². The maximum absolute atomic E-state index is 13.5. The van der Waals surface area contributed by atoms with Gasteiger partial charge < -0.3 is 20.1 Å². The number of carbonyl (C=O) groups excluding carboxylic acids is 1. The minimum absolute atomic E-state index is 0.135. The van der Waals surface area contributed by atoms with E-state index in [9.17, 15) is 9.18 Å². The number of hydrogen-bond donors (Lipinski definition) is 2. The van der Waals surface area contributed by atoms with E-state index in [4.69, 9.17) is 9.47 Å². The third-order valence-corrected chi connectivity index (χ3v) is 3.91. The van der Waals surface area contributed by atoms with E-state index in [1.165, 1.54) is 6.07 Å². The average molecular weight is 330 g/mol. The highest BCUT2D eigenvalue weighted by Gasteiger charge is 2.22. The molecule has 1 aliphatic heterocycles. The fraction of sp³-hybridized carbons (Fsp3) is 0.278. The van der Waals surface area contributed by atoms with E-state index in [1.54, 1.807) is 25.3 Å². The molecule has 3 rings (SSSR count). The number of hydrogen-bond acceptors (Lipinski definition) is 3. The van der Waals surface area contributed by atoms with E-state index in [0.717, 1.165) is 17.1 Å². The molecule has 0 saturated heterocycles. The van der Waals surface area contributed by atoms with Gasteiger partial charge in [0.25, 0.3) is 0 Å². The minimum Gasteiger partial charge on any atom is -0.497 e. The van der Waals surface area contributed by atoms with Gasteiger partial charge in [0.05, 0.1) is 13.2 Å². The van der Waals surface area contributed by atoms with Crippen molar-refractivity contribution in [2.45, 2.75) is 19.0 Å². The van der Waals surface area contributed by atoms with Gasteiger partial charge >= 0.3 is 6.03 Å². The predicted molar refractivity (Wildman–Crippen MR) is 87.8 cm³/mol. The fourth-order valence-electron chi connectivity index (χ4n) is 2.64. The van der Waals surface area contributed by atoms with E-state index in [0.29, 0.717) is 18.6 Å². The first-order valence-electron chi connectivity index (χ1n) is 7.73. The van der Waals surface area contributed by atoms with Gasteiger partial charge in [0.15, 0.2) is 0 Å². The van der Waals surface area contributed by atoms with E-state index < -0.39 is 0 Å². The lowest BCUT2D eigenvalue weighted by molar-refractivity contribution is 0.214. The first kappa shape index (κ1) is 16.1. The number of halogens is 1. The molecule has 5 nitrogen and oxygen atoms in total. The zero-order chi connectivity index (χ0) is 16.9. The highest BCUT2D eigenvalue weighted by atomic mass is 19.1. The summed E-state index contributed by atoms with van der Waals surface area (Å²) in [5.74, 6) is 1.22. The predicted octanol–water partition coefficient (Wildman–Crippen LogP) is 2.64. The molecular formula is C18H19FN2O3. The van der Waals surface area contributed by atoms with Crippen LogP contribution >= 0.6 is 0 Å². The standard InChI is InChI=1S/C18H19FN2O3/c1-23-15-6-7-17-13(9-15)8-14(11-24-17)21-18(22)20-10-12-4-2-3-5-16(12)19/h2-7,9,14H,8,10-11H2,1H3,(H2,20,21,22). The van der Waals surface area contributed by atoms with Crippen LogP contribution in [0, 0.1) is 5.82 Å². The molecule has 1 unspecified atom stereocenters. The van der Waals surface area contributed by atoms with E-state index in [1.807, 2.05) is 18.2 Å². The molecule has 1 aliphatic rings. The smallest absolute Gasteiger partial charge is 0.315 e. The second-order valence-corrected chi connectivity index (χ2v) is 5.60. The number of rotatable bonds is 4. The van der Waals surface area contributed by atoms with Gasteiger partial charge in [-0.15, -0.1) is 0 Å². The van der Waals surface area contributed by atoms with Gasteiger partial charge in [0.2, 0.25) is 0 Å². The van der Waals surface area contributed by atoms with Crippen LogP contribution in [0.3, 0.4) is 0 Å². The summed E-state index contributed by atoms with van der Waals surface area (Å²) >= 11 is 0. The lowest BCUT2D eigenvalue weighted by Crippen LogP contribution is -2.47. The summed E-state index contributed by atoms with van der Waals surface area (Å²) in [7, 11) is 1.61. The molecule has 2 N–H and O–H groups in total. The molecule has 0 saturated carbocycles. The van der Waals surface area contributed by atoms with Crippen LogP contribution in [0.15, 0.2) is 42.5 Å². The fourth-order valence-corrected chi connectivity index (χ4v) is 2.64. The van der Waals surface area contributed by atoms with Gasteiger partial charge in [-0.25, -0.2) is 9.18 Å². The Morgan fingerprint density at radius 2 is 2.17 bits per heavy atom. The Balaban J connectivity index is 1.54. The van der Waals surface area contributed by atoms with Crippen molar-refractivity contribution in [2.24, 2.45) is 0 Å². The minimum atomic E-state index is -0.349. The molecule has 0 aliphatic carbocycles. The molecule has 0 bridgehead atoms. The van der Waals surface area contributed by atoms with Crippen molar-refractivity contribution in [1.29, 1.82) is 0 Å². The number of benzene rings is 2. The van der Waals surface area contributed by atoms with Crippen molar-refractivity contribution in [3.05, 3.63) is 59.4 Å². The largest absolute Gasteiger partial charge is 0.497 e. The van der Waals surface area contributed by atoms with Crippen molar-refractivity contribution in [1.82, 2.24) is 10.6 Å². The van der Waals surface area contributed by atoms with E-state index in [2.05, 4.69) is 10.6 Å². The number of methoxy groups -OCH3 is 1. The summed E-state index contributed by atoms with van der Waals surface area (Å²) in [6.45, 7) is 0.531. The topological polar surface area (TPSA) is 59.6 Å². The lowest BCUT2D eigenvalue weighted by atomic mass is 10.0. The molecule has 0 aromatic heterocycles. The maximum Gasteiger partial charge on any atom is 0.315 e. The van der Waals surface area contributed by atoms with Crippen molar-refractivity contribution in [2.75, 3.05) is 13.7 Å². The van der Waals surface area contributed by atoms with Gasteiger partial charge in [-0.3, -0.25) is 0 Å². The van der Waals surface area contributed by atoms with Crippen LogP contribution in [-0.2, 0) is 13.0 Å². The number of amides is 2. The van der Waals surface area contributed by atoms with Crippen LogP contribution in [0.2, 0.25) is 0 Å². The van der Waals surface area contributed by atoms with Gasteiger partial charge in [-0.05, 0) is 36.2 Å². The van der Waals surface area contributed by atoms with Gasteiger partial charge in [-0.1, -0.05) is 18.2 Å². The second-order valence-electron chi connectivity index (χ2n) is 5.60. The third-order valence-electron chi connectivity index (χ3n) is 3.91. The number of ether oxygens (including phenoxy) is 2. The van der Waals surface area contributed by atoms with E-state index in [-0.39, 0.29) is 24.4 Å². The normalized spacial score (nSPS) is 15.8. The first-order valence-corrected chi connectivity index (χ1v) is 7.73. The molecule has 2 aromatic rings. The molecule has 6 heteroatoms. The Hall–Kier alpha value is -2.76. The number of fused-ring (bicyclic) bond motifs is 1. The van der Waals surface area contributed by atoms with E-state index >= 15 is 0 Å². The average Bonchev–Trinajstić information content (AvgIpc) is 2.60. The van der Waals surface area contributed by atoms with Crippen molar-refractivity contribution < 1.29 is 18.7 Å². The van der Waals surface area contributed by atoms with Crippen LogP contribution in [0.25, 0.3) is 0 Å². The maximum atomic E-state index is 13.5. The zero-order valence-electron chi connectivity index (χ0n) is 13.3. The van der Waals surface area contributed by atoms with Gasteiger partial charge in [-0.2, -0.15) is 0 Å². The summed E-state index contributed by atoms with van der Waals surface area (Å²) in [5.41, 5.74) is 1.43. The zero-order valence-corrected chi connectivity index (χ0v) is 13.3. The molecule has 0 spiro atoms. The summed E-state index contributed by atoms with van der Waals surface area (Å²) in [6, 6.07) is 11.5. The highest BCUT2D eigenvalue weighted by Crippen LogP contribution is 2.28. The van der Waals surface area contributed by atoms with Gasteiger partial charge in [0, 0.05) is 12.1 Å². The molecule has 1 heterocycles.